The molecule has 1 aromatic carbocycles. The van der Waals surface area contributed by atoms with Crippen LogP contribution < -0.4 is 27.4 Å². The second-order valence-electron chi connectivity index (χ2n) is 7.14. The molecule has 0 spiro atoms. The average molecular weight is 465 g/mol. The molecule has 0 fully saturated rings. The number of aliphatic carboxylic acids is 2. The molecule has 0 aromatic heterocycles. The van der Waals surface area contributed by atoms with Crippen molar-refractivity contribution in [1.29, 1.82) is 0 Å². The lowest BCUT2D eigenvalue weighted by Gasteiger charge is -2.21. The summed E-state index contributed by atoms with van der Waals surface area (Å²) in [4.78, 5) is 69.7. The molecule has 0 radical (unpaired) electrons. The Kier molecular flexibility index (Phi) is 11.0. The van der Waals surface area contributed by atoms with Crippen LogP contribution in [-0.2, 0) is 35.2 Å². The molecule has 0 heterocycles. The van der Waals surface area contributed by atoms with Gasteiger partial charge in [-0.2, -0.15) is 0 Å². The maximum atomic E-state index is 12.6. The summed E-state index contributed by atoms with van der Waals surface area (Å²) >= 11 is 0. The Morgan fingerprint density at radius 1 is 0.909 bits per heavy atom. The summed E-state index contributed by atoms with van der Waals surface area (Å²) in [5.41, 5.74) is 11.2. The monoisotopic (exact) mass is 465 g/mol. The Morgan fingerprint density at radius 2 is 1.55 bits per heavy atom. The fraction of sp³-hybridized carbons (Fsp3) is 0.400. The van der Waals surface area contributed by atoms with Gasteiger partial charge >= 0.3 is 11.9 Å². The van der Waals surface area contributed by atoms with Gasteiger partial charge in [0.25, 0.3) is 0 Å². The molecule has 1 aromatic rings. The van der Waals surface area contributed by atoms with Gasteiger partial charge in [0.15, 0.2) is 0 Å². The smallest absolute Gasteiger partial charge is 0.326 e. The Labute approximate surface area is 188 Å². The maximum absolute atomic E-state index is 12.6. The SMILES string of the molecule is NC(=O)CCC(NC(=O)CNC(=O)C(Cc1ccccc1)NC(=O)C(N)CC(=O)O)C(=O)O. The fourth-order valence-electron chi connectivity index (χ4n) is 2.70. The van der Waals surface area contributed by atoms with E-state index in [0.717, 1.165) is 0 Å². The number of nitrogens with two attached hydrogens (primary N) is 2. The van der Waals surface area contributed by atoms with Crippen LogP contribution in [0.2, 0.25) is 0 Å². The van der Waals surface area contributed by atoms with Gasteiger partial charge in [0.05, 0.1) is 19.0 Å². The minimum Gasteiger partial charge on any atom is -0.481 e. The third-order valence-electron chi connectivity index (χ3n) is 4.38. The average Bonchev–Trinajstić information content (AvgIpc) is 2.74. The molecule has 3 unspecified atom stereocenters. The van der Waals surface area contributed by atoms with E-state index in [1.807, 2.05) is 0 Å². The van der Waals surface area contributed by atoms with Crippen molar-refractivity contribution < 1.29 is 39.0 Å². The number of carboxylic acid groups (broad SMARTS) is 2. The number of amides is 4. The van der Waals surface area contributed by atoms with E-state index in [4.69, 9.17) is 21.7 Å². The van der Waals surface area contributed by atoms with Gasteiger partial charge in [-0.05, 0) is 12.0 Å². The van der Waals surface area contributed by atoms with E-state index in [2.05, 4.69) is 16.0 Å². The van der Waals surface area contributed by atoms with E-state index in [0.29, 0.717) is 5.56 Å². The molecule has 0 bridgehead atoms. The maximum Gasteiger partial charge on any atom is 0.326 e. The van der Waals surface area contributed by atoms with Crippen LogP contribution in [-0.4, -0.2) is 70.5 Å². The zero-order valence-corrected chi connectivity index (χ0v) is 17.7. The first-order valence-corrected chi connectivity index (χ1v) is 9.89. The summed E-state index contributed by atoms with van der Waals surface area (Å²) in [5.74, 6) is -5.87. The molecular weight excluding hydrogens is 438 g/mol. The fourth-order valence-corrected chi connectivity index (χ4v) is 2.70. The zero-order chi connectivity index (χ0) is 25.0. The molecule has 0 saturated heterocycles. The van der Waals surface area contributed by atoms with Crippen molar-refractivity contribution >= 4 is 35.6 Å². The molecule has 13 nitrogen and oxygen atoms in total. The number of hydrogen-bond acceptors (Lipinski definition) is 7. The first kappa shape index (κ1) is 27.0. The molecule has 9 N–H and O–H groups in total. The van der Waals surface area contributed by atoms with Gasteiger partial charge < -0.3 is 37.6 Å². The Hall–Kier alpha value is -4.00. The molecule has 0 aliphatic rings. The van der Waals surface area contributed by atoms with Gasteiger partial charge in [0, 0.05) is 12.8 Å². The van der Waals surface area contributed by atoms with E-state index in [1.165, 1.54) is 0 Å². The van der Waals surface area contributed by atoms with Crippen molar-refractivity contribution in [1.82, 2.24) is 16.0 Å². The largest absolute Gasteiger partial charge is 0.481 e. The first-order valence-electron chi connectivity index (χ1n) is 9.89. The van der Waals surface area contributed by atoms with E-state index < -0.39 is 66.7 Å². The van der Waals surface area contributed by atoms with Gasteiger partial charge in [-0.15, -0.1) is 0 Å². The third-order valence-corrected chi connectivity index (χ3v) is 4.38. The lowest BCUT2D eigenvalue weighted by atomic mass is 10.0. The van der Waals surface area contributed by atoms with Crippen molar-refractivity contribution in [2.45, 2.75) is 43.8 Å². The Bertz CT molecular complexity index is 876. The standard InChI is InChI=1S/C20H27N5O8/c21-12(9-17(28)29)18(30)25-14(8-11-4-2-1-3-5-11)19(31)23-10-16(27)24-13(20(32)33)6-7-15(22)26/h1-5,12-14H,6-10,21H2,(H2,22,26)(H,23,31)(H,24,27)(H,25,30)(H,28,29)(H,32,33). The minimum absolute atomic E-state index is 0.0240. The number of carboxylic acids is 2. The molecule has 0 saturated carbocycles. The normalized spacial score (nSPS) is 13.1. The van der Waals surface area contributed by atoms with Crippen LogP contribution in [0.3, 0.4) is 0 Å². The number of rotatable bonds is 14. The van der Waals surface area contributed by atoms with Gasteiger partial charge in [-0.25, -0.2) is 4.79 Å². The minimum atomic E-state index is -1.39. The van der Waals surface area contributed by atoms with Gasteiger partial charge in [-0.1, -0.05) is 30.3 Å². The summed E-state index contributed by atoms with van der Waals surface area (Å²) in [6.45, 7) is -0.610. The molecule has 33 heavy (non-hydrogen) atoms. The number of hydrogen-bond donors (Lipinski definition) is 7. The molecule has 0 aliphatic heterocycles. The van der Waals surface area contributed by atoms with Crippen LogP contribution >= 0.6 is 0 Å². The van der Waals surface area contributed by atoms with Gasteiger partial charge in [-0.3, -0.25) is 24.0 Å². The molecule has 1 rings (SSSR count). The number of primary amides is 1. The Balaban J connectivity index is 2.78. The molecule has 0 aliphatic carbocycles. The van der Waals surface area contributed by atoms with Crippen LogP contribution in [0.25, 0.3) is 0 Å². The van der Waals surface area contributed by atoms with E-state index >= 15 is 0 Å². The quantitative estimate of drug-likeness (QED) is 0.153. The zero-order valence-electron chi connectivity index (χ0n) is 17.7. The van der Waals surface area contributed by atoms with E-state index in [9.17, 15) is 28.8 Å². The number of carbonyl (C=O) groups is 6. The van der Waals surface area contributed by atoms with Crippen LogP contribution in [0.5, 0.6) is 0 Å². The van der Waals surface area contributed by atoms with E-state index in [1.54, 1.807) is 30.3 Å². The first-order chi connectivity index (χ1) is 15.5. The highest BCUT2D eigenvalue weighted by atomic mass is 16.4. The summed E-state index contributed by atoms with van der Waals surface area (Å²) in [7, 11) is 0. The molecule has 13 heteroatoms. The highest BCUT2D eigenvalue weighted by Crippen LogP contribution is 2.04. The van der Waals surface area contributed by atoms with Crippen molar-refractivity contribution in [2.24, 2.45) is 11.5 Å². The van der Waals surface area contributed by atoms with Crippen LogP contribution in [0.15, 0.2) is 30.3 Å². The predicted octanol–water partition coefficient (Wildman–Crippen LogP) is -2.53. The molecular formula is C20H27N5O8. The van der Waals surface area contributed by atoms with E-state index in [-0.39, 0.29) is 19.3 Å². The number of benzene rings is 1. The Morgan fingerprint density at radius 3 is 2.09 bits per heavy atom. The van der Waals surface area contributed by atoms with Crippen molar-refractivity contribution in [3.63, 3.8) is 0 Å². The summed E-state index contributed by atoms with van der Waals surface area (Å²) < 4.78 is 0. The highest BCUT2D eigenvalue weighted by Gasteiger charge is 2.26. The number of nitrogens with one attached hydrogen (secondary N) is 3. The van der Waals surface area contributed by atoms with Crippen molar-refractivity contribution in [3.05, 3.63) is 35.9 Å². The van der Waals surface area contributed by atoms with Crippen LogP contribution in [0.4, 0.5) is 0 Å². The summed E-state index contributed by atoms with van der Waals surface area (Å²) in [5, 5.41) is 24.7. The summed E-state index contributed by atoms with van der Waals surface area (Å²) in [6, 6.07) is 4.63. The highest BCUT2D eigenvalue weighted by molar-refractivity contribution is 5.93. The van der Waals surface area contributed by atoms with Crippen molar-refractivity contribution in [3.8, 4) is 0 Å². The topological polar surface area (TPSA) is 231 Å². The van der Waals surface area contributed by atoms with Crippen LogP contribution in [0.1, 0.15) is 24.8 Å². The second kappa shape index (κ2) is 13.4. The molecule has 3 atom stereocenters. The van der Waals surface area contributed by atoms with Gasteiger partial charge in [0.2, 0.25) is 23.6 Å². The predicted molar refractivity (Wildman–Crippen MR) is 113 cm³/mol. The third kappa shape index (κ3) is 10.7. The van der Waals surface area contributed by atoms with Crippen molar-refractivity contribution in [2.75, 3.05) is 6.54 Å². The number of carbonyl (C=O) groups excluding carboxylic acids is 4. The van der Waals surface area contributed by atoms with Crippen LogP contribution in [0, 0.1) is 0 Å². The summed E-state index contributed by atoms with van der Waals surface area (Å²) in [6.07, 6.45) is -1.10. The van der Waals surface area contributed by atoms with Gasteiger partial charge in [0.1, 0.15) is 12.1 Å². The lowest BCUT2D eigenvalue weighted by Crippen LogP contribution is -2.54. The molecule has 4 amide bonds. The second-order valence-corrected chi connectivity index (χ2v) is 7.14. The lowest BCUT2D eigenvalue weighted by molar-refractivity contribution is -0.142. The molecule has 180 valence electrons.